The van der Waals surface area contributed by atoms with E-state index in [2.05, 4.69) is 72.5 Å². The van der Waals surface area contributed by atoms with Gasteiger partial charge in [0.15, 0.2) is 0 Å². The second kappa shape index (κ2) is 12.1. The Hall–Kier alpha value is -2.56. The predicted octanol–water partition coefficient (Wildman–Crippen LogP) is 5.69. The van der Waals surface area contributed by atoms with Crippen molar-refractivity contribution in [2.75, 3.05) is 39.5 Å². The molecule has 0 radical (unpaired) electrons. The monoisotopic (exact) mass is 447 g/mol. The Morgan fingerprint density at radius 1 is 0.879 bits per heavy atom. The van der Waals surface area contributed by atoms with Crippen LogP contribution in [0, 0.1) is 5.92 Å². The Kier molecular flexibility index (Phi) is 8.62. The molecule has 1 fully saturated rings. The fraction of sp³-hybridized carbons (Fsp3) is 0.448. The van der Waals surface area contributed by atoms with Crippen molar-refractivity contribution < 1.29 is 14.6 Å². The molecule has 0 unspecified atom stereocenters. The van der Waals surface area contributed by atoms with Crippen molar-refractivity contribution >= 4 is 10.8 Å². The lowest BCUT2D eigenvalue weighted by atomic mass is 9.97. The van der Waals surface area contributed by atoms with E-state index in [9.17, 15) is 0 Å². The highest BCUT2D eigenvalue weighted by Crippen LogP contribution is 2.31. The summed E-state index contributed by atoms with van der Waals surface area (Å²) in [5.74, 6) is 2.73. The zero-order valence-corrected chi connectivity index (χ0v) is 19.8. The van der Waals surface area contributed by atoms with Crippen molar-refractivity contribution in [2.24, 2.45) is 5.92 Å². The summed E-state index contributed by atoms with van der Waals surface area (Å²) >= 11 is 0. The molecule has 0 amide bonds. The van der Waals surface area contributed by atoms with E-state index in [1.807, 2.05) is 0 Å². The van der Waals surface area contributed by atoms with Crippen LogP contribution < -0.4 is 9.47 Å². The molecule has 1 heterocycles. The number of aliphatic hydroxyl groups excluding tert-OH is 1. The number of piperidine rings is 1. The molecule has 0 bridgehead atoms. The number of likely N-dealkylation sites (tertiary alicyclic amines) is 1. The van der Waals surface area contributed by atoms with Crippen molar-refractivity contribution in [1.29, 1.82) is 0 Å². The number of aliphatic hydroxyl groups is 1. The summed E-state index contributed by atoms with van der Waals surface area (Å²) in [6.45, 7) is 7.30. The van der Waals surface area contributed by atoms with Gasteiger partial charge in [-0.3, -0.25) is 4.90 Å². The van der Waals surface area contributed by atoms with Crippen LogP contribution in [0.3, 0.4) is 0 Å². The van der Waals surface area contributed by atoms with Crippen LogP contribution in [0.15, 0.2) is 60.7 Å². The molecule has 4 nitrogen and oxygen atoms in total. The molecule has 1 saturated heterocycles. The zero-order valence-electron chi connectivity index (χ0n) is 19.8. The van der Waals surface area contributed by atoms with Gasteiger partial charge in [-0.1, -0.05) is 49.4 Å². The lowest BCUT2D eigenvalue weighted by molar-refractivity contribution is 0.160. The SMILES string of the molecule is CC1CCN(CCOc2ccc(Cc3c(OCCCCO)ccc4ccccc34)cc2)CC1. The molecule has 0 aromatic heterocycles. The molecule has 3 aromatic rings. The van der Waals surface area contributed by atoms with Crippen molar-refractivity contribution in [1.82, 2.24) is 4.90 Å². The molecule has 0 saturated carbocycles. The largest absolute Gasteiger partial charge is 0.493 e. The summed E-state index contributed by atoms with van der Waals surface area (Å²) in [5, 5.41) is 11.5. The minimum absolute atomic E-state index is 0.208. The highest BCUT2D eigenvalue weighted by Gasteiger charge is 2.15. The van der Waals surface area contributed by atoms with E-state index >= 15 is 0 Å². The number of benzene rings is 3. The first kappa shape index (κ1) is 23.6. The molecule has 176 valence electrons. The summed E-state index contributed by atoms with van der Waals surface area (Å²) in [6.07, 6.45) is 5.03. The van der Waals surface area contributed by atoms with Gasteiger partial charge in [0.25, 0.3) is 0 Å². The van der Waals surface area contributed by atoms with Gasteiger partial charge in [0.2, 0.25) is 0 Å². The first-order valence-electron chi connectivity index (χ1n) is 12.4. The van der Waals surface area contributed by atoms with Crippen LogP contribution in [0.25, 0.3) is 10.8 Å². The Bertz CT molecular complexity index is 993. The molecule has 4 heteroatoms. The zero-order chi connectivity index (χ0) is 22.9. The molecule has 1 aliphatic heterocycles. The van der Waals surface area contributed by atoms with Gasteiger partial charge < -0.3 is 14.6 Å². The van der Waals surface area contributed by atoms with Gasteiger partial charge in [-0.25, -0.2) is 0 Å². The molecule has 1 N–H and O–H groups in total. The Morgan fingerprint density at radius 2 is 1.67 bits per heavy atom. The Labute approximate surface area is 198 Å². The quantitative estimate of drug-likeness (QED) is 0.383. The maximum atomic E-state index is 9.04. The van der Waals surface area contributed by atoms with Crippen LogP contribution in [0.5, 0.6) is 11.5 Å². The van der Waals surface area contributed by atoms with Crippen LogP contribution in [0.4, 0.5) is 0 Å². The second-order valence-electron chi connectivity index (χ2n) is 9.24. The molecule has 33 heavy (non-hydrogen) atoms. The fourth-order valence-corrected chi connectivity index (χ4v) is 4.52. The summed E-state index contributed by atoms with van der Waals surface area (Å²) in [7, 11) is 0. The molecule has 4 rings (SSSR count). The van der Waals surface area contributed by atoms with Gasteiger partial charge in [-0.05, 0) is 79.2 Å². The van der Waals surface area contributed by atoms with Crippen molar-refractivity contribution in [3.63, 3.8) is 0 Å². The van der Waals surface area contributed by atoms with Gasteiger partial charge in [0, 0.05) is 25.1 Å². The average Bonchev–Trinajstić information content (AvgIpc) is 2.85. The van der Waals surface area contributed by atoms with Crippen molar-refractivity contribution in [3.05, 3.63) is 71.8 Å². The number of hydrogen-bond donors (Lipinski definition) is 1. The van der Waals surface area contributed by atoms with Gasteiger partial charge in [0.05, 0.1) is 6.61 Å². The lowest BCUT2D eigenvalue weighted by Crippen LogP contribution is -2.35. The van der Waals surface area contributed by atoms with Crippen LogP contribution in [-0.2, 0) is 6.42 Å². The molecular formula is C29H37NO3. The minimum Gasteiger partial charge on any atom is -0.493 e. The first-order valence-corrected chi connectivity index (χ1v) is 12.4. The molecule has 3 aromatic carbocycles. The van der Waals surface area contributed by atoms with E-state index in [1.165, 1.54) is 47.8 Å². The number of rotatable bonds is 11. The minimum atomic E-state index is 0.208. The number of ether oxygens (including phenoxy) is 2. The van der Waals surface area contributed by atoms with E-state index in [4.69, 9.17) is 14.6 Å². The van der Waals surface area contributed by atoms with Crippen LogP contribution >= 0.6 is 0 Å². The summed E-state index contributed by atoms with van der Waals surface area (Å²) in [6, 6.07) is 21.2. The topological polar surface area (TPSA) is 41.9 Å². The summed E-state index contributed by atoms with van der Waals surface area (Å²) < 4.78 is 12.1. The molecule has 0 aliphatic carbocycles. The van der Waals surface area contributed by atoms with Gasteiger partial charge >= 0.3 is 0 Å². The van der Waals surface area contributed by atoms with Crippen LogP contribution in [0.2, 0.25) is 0 Å². The van der Waals surface area contributed by atoms with Crippen molar-refractivity contribution in [3.8, 4) is 11.5 Å². The second-order valence-corrected chi connectivity index (χ2v) is 9.24. The molecule has 1 aliphatic rings. The molecule has 0 spiro atoms. The third kappa shape index (κ3) is 6.72. The van der Waals surface area contributed by atoms with E-state index in [1.54, 1.807) is 0 Å². The van der Waals surface area contributed by atoms with Gasteiger partial charge in [-0.2, -0.15) is 0 Å². The van der Waals surface area contributed by atoms with E-state index in [0.717, 1.165) is 49.8 Å². The smallest absolute Gasteiger partial charge is 0.123 e. The van der Waals surface area contributed by atoms with E-state index in [0.29, 0.717) is 6.61 Å². The number of unbranched alkanes of at least 4 members (excludes halogenated alkanes) is 1. The van der Waals surface area contributed by atoms with E-state index in [-0.39, 0.29) is 6.61 Å². The average molecular weight is 448 g/mol. The Morgan fingerprint density at radius 3 is 2.45 bits per heavy atom. The number of nitrogens with zero attached hydrogens (tertiary/aromatic N) is 1. The third-order valence-corrected chi connectivity index (χ3v) is 6.66. The molecular weight excluding hydrogens is 410 g/mol. The summed E-state index contributed by atoms with van der Waals surface area (Å²) in [4.78, 5) is 2.51. The van der Waals surface area contributed by atoms with Gasteiger partial charge in [-0.15, -0.1) is 0 Å². The normalized spacial score (nSPS) is 15.1. The Balaban J connectivity index is 1.39. The fourth-order valence-electron chi connectivity index (χ4n) is 4.52. The third-order valence-electron chi connectivity index (χ3n) is 6.66. The van der Waals surface area contributed by atoms with Crippen molar-refractivity contribution in [2.45, 2.75) is 39.0 Å². The summed E-state index contributed by atoms with van der Waals surface area (Å²) in [5.41, 5.74) is 2.45. The van der Waals surface area contributed by atoms with Gasteiger partial charge in [0.1, 0.15) is 18.1 Å². The van der Waals surface area contributed by atoms with Crippen LogP contribution in [-0.4, -0.2) is 49.5 Å². The molecule has 0 atom stereocenters. The lowest BCUT2D eigenvalue weighted by Gasteiger charge is -2.29. The van der Waals surface area contributed by atoms with E-state index < -0.39 is 0 Å². The number of hydrogen-bond acceptors (Lipinski definition) is 4. The maximum absolute atomic E-state index is 9.04. The standard InChI is InChI=1S/C29H37NO3/c1-23-14-16-30(17-15-23)18-21-32-26-11-8-24(9-12-26)22-28-27-7-3-2-6-25(27)10-13-29(28)33-20-5-4-19-31/h2-3,6-13,23,31H,4-5,14-22H2,1H3. The van der Waals surface area contributed by atoms with Crippen LogP contribution in [0.1, 0.15) is 43.7 Å². The highest BCUT2D eigenvalue weighted by atomic mass is 16.5. The first-order chi connectivity index (χ1) is 16.2. The maximum Gasteiger partial charge on any atom is 0.123 e. The highest BCUT2D eigenvalue weighted by molar-refractivity contribution is 5.88. The number of fused-ring (bicyclic) bond motifs is 1. The predicted molar refractivity (Wildman–Crippen MR) is 135 cm³/mol.